The van der Waals surface area contributed by atoms with Crippen molar-refractivity contribution in [1.29, 1.82) is 0 Å². The molecule has 3 nitrogen and oxygen atoms in total. The van der Waals surface area contributed by atoms with Gasteiger partial charge in [-0.15, -0.1) is 0 Å². The van der Waals surface area contributed by atoms with Crippen molar-refractivity contribution in [1.82, 2.24) is 9.80 Å². The highest BCUT2D eigenvalue weighted by Crippen LogP contribution is 2.24. The molecular formula is C14H22N2O. The zero-order valence-corrected chi connectivity index (χ0v) is 10.8. The van der Waals surface area contributed by atoms with Gasteiger partial charge in [-0.05, 0) is 44.6 Å². The maximum Gasteiger partial charge on any atom is 0.115 e. The van der Waals surface area contributed by atoms with E-state index in [1.807, 2.05) is 12.1 Å². The molecule has 1 fully saturated rings. The number of phenols is 1. The van der Waals surface area contributed by atoms with E-state index in [0.717, 1.165) is 19.6 Å². The Hall–Kier alpha value is -1.06. The van der Waals surface area contributed by atoms with Crippen molar-refractivity contribution in [2.45, 2.75) is 19.4 Å². The Bertz CT molecular complexity index is 367. The van der Waals surface area contributed by atoms with Gasteiger partial charge in [0.25, 0.3) is 0 Å². The van der Waals surface area contributed by atoms with Crippen LogP contribution in [0.5, 0.6) is 5.75 Å². The van der Waals surface area contributed by atoms with Crippen molar-refractivity contribution in [3.8, 4) is 5.75 Å². The van der Waals surface area contributed by atoms with Crippen LogP contribution in [0.3, 0.4) is 0 Å². The van der Waals surface area contributed by atoms with Crippen LogP contribution in [0.2, 0.25) is 0 Å². The maximum atomic E-state index is 9.53. The molecule has 1 aliphatic heterocycles. The lowest BCUT2D eigenvalue weighted by atomic mass is 10.1. The molecule has 0 saturated carbocycles. The number of aromatic hydroxyl groups is 1. The fraction of sp³-hybridized carbons (Fsp3) is 0.571. The van der Waals surface area contributed by atoms with Crippen molar-refractivity contribution in [3.05, 3.63) is 29.8 Å². The standard InChI is InChI=1S/C14H22N2O/c1-12(13-5-3-6-14(17)11-13)16-8-4-7-15(2)9-10-16/h3,5-6,11-12,17H,4,7-10H2,1-2H3. The minimum absolute atomic E-state index is 0.362. The first kappa shape index (κ1) is 12.4. The third-order valence-electron chi connectivity index (χ3n) is 3.65. The first-order valence-electron chi connectivity index (χ1n) is 6.38. The van der Waals surface area contributed by atoms with Gasteiger partial charge in [0.1, 0.15) is 5.75 Å². The van der Waals surface area contributed by atoms with Gasteiger partial charge in [-0.1, -0.05) is 12.1 Å². The summed E-state index contributed by atoms with van der Waals surface area (Å²) in [6, 6.07) is 8.00. The lowest BCUT2D eigenvalue weighted by Crippen LogP contribution is -2.31. The van der Waals surface area contributed by atoms with E-state index in [1.54, 1.807) is 6.07 Å². The van der Waals surface area contributed by atoms with Gasteiger partial charge in [-0.2, -0.15) is 0 Å². The molecule has 1 unspecified atom stereocenters. The van der Waals surface area contributed by atoms with Crippen LogP contribution in [0.1, 0.15) is 24.9 Å². The van der Waals surface area contributed by atoms with E-state index in [4.69, 9.17) is 0 Å². The number of likely N-dealkylation sites (N-methyl/N-ethyl adjacent to an activating group) is 1. The first-order valence-corrected chi connectivity index (χ1v) is 6.38. The van der Waals surface area contributed by atoms with Gasteiger partial charge in [0.15, 0.2) is 0 Å². The van der Waals surface area contributed by atoms with Crippen LogP contribution in [0, 0.1) is 0 Å². The Morgan fingerprint density at radius 2 is 2.00 bits per heavy atom. The molecule has 1 atom stereocenters. The molecule has 0 amide bonds. The predicted octanol–water partition coefficient (Wildman–Crippen LogP) is 2.09. The summed E-state index contributed by atoms with van der Waals surface area (Å²) in [5, 5.41) is 9.53. The Morgan fingerprint density at radius 1 is 1.18 bits per heavy atom. The predicted molar refractivity (Wildman–Crippen MR) is 70.2 cm³/mol. The largest absolute Gasteiger partial charge is 0.508 e. The van der Waals surface area contributed by atoms with E-state index in [-0.39, 0.29) is 0 Å². The summed E-state index contributed by atoms with van der Waals surface area (Å²) in [5.74, 6) is 0.362. The van der Waals surface area contributed by atoms with E-state index >= 15 is 0 Å². The quantitative estimate of drug-likeness (QED) is 0.849. The minimum Gasteiger partial charge on any atom is -0.508 e. The summed E-state index contributed by atoms with van der Waals surface area (Å²) in [6.07, 6.45) is 1.22. The highest BCUT2D eigenvalue weighted by atomic mass is 16.3. The summed E-state index contributed by atoms with van der Waals surface area (Å²) in [6.45, 7) is 6.78. The van der Waals surface area contributed by atoms with Gasteiger partial charge in [0.05, 0.1) is 0 Å². The third kappa shape index (κ3) is 3.20. The fourth-order valence-corrected chi connectivity index (χ4v) is 2.45. The molecule has 0 radical (unpaired) electrons. The topological polar surface area (TPSA) is 26.7 Å². The molecule has 1 aromatic carbocycles. The van der Waals surface area contributed by atoms with E-state index < -0.39 is 0 Å². The zero-order valence-electron chi connectivity index (χ0n) is 10.8. The van der Waals surface area contributed by atoms with E-state index in [1.165, 1.54) is 18.5 Å². The van der Waals surface area contributed by atoms with E-state index in [0.29, 0.717) is 11.8 Å². The average Bonchev–Trinajstić information content (AvgIpc) is 2.53. The molecule has 0 aromatic heterocycles. The van der Waals surface area contributed by atoms with Crippen molar-refractivity contribution in [2.75, 3.05) is 33.2 Å². The molecular weight excluding hydrogens is 212 g/mol. The summed E-state index contributed by atoms with van der Waals surface area (Å²) in [7, 11) is 2.18. The average molecular weight is 234 g/mol. The monoisotopic (exact) mass is 234 g/mol. The molecule has 2 rings (SSSR count). The molecule has 1 N–H and O–H groups in total. The number of nitrogens with zero attached hydrogens (tertiary/aromatic N) is 2. The Kier molecular flexibility index (Phi) is 4.02. The van der Waals surface area contributed by atoms with Crippen LogP contribution in [0.4, 0.5) is 0 Å². The second-order valence-corrected chi connectivity index (χ2v) is 4.96. The van der Waals surface area contributed by atoms with Crippen molar-refractivity contribution >= 4 is 0 Å². The fourth-order valence-electron chi connectivity index (χ4n) is 2.45. The Morgan fingerprint density at radius 3 is 2.76 bits per heavy atom. The second-order valence-electron chi connectivity index (χ2n) is 4.96. The third-order valence-corrected chi connectivity index (χ3v) is 3.65. The highest BCUT2D eigenvalue weighted by molar-refractivity contribution is 5.29. The number of hydrogen-bond acceptors (Lipinski definition) is 3. The molecule has 1 aliphatic rings. The van der Waals surface area contributed by atoms with Crippen LogP contribution in [-0.2, 0) is 0 Å². The molecule has 0 aliphatic carbocycles. The maximum absolute atomic E-state index is 9.53. The number of phenolic OH excluding ortho intramolecular Hbond substituents is 1. The van der Waals surface area contributed by atoms with Gasteiger partial charge < -0.3 is 10.0 Å². The van der Waals surface area contributed by atoms with Crippen LogP contribution in [0.15, 0.2) is 24.3 Å². The van der Waals surface area contributed by atoms with Crippen LogP contribution in [-0.4, -0.2) is 48.1 Å². The van der Waals surface area contributed by atoms with Crippen LogP contribution >= 0.6 is 0 Å². The smallest absolute Gasteiger partial charge is 0.115 e. The number of hydrogen-bond donors (Lipinski definition) is 1. The van der Waals surface area contributed by atoms with Crippen molar-refractivity contribution < 1.29 is 5.11 Å². The Balaban J connectivity index is 2.06. The second kappa shape index (κ2) is 5.52. The summed E-state index contributed by atoms with van der Waals surface area (Å²) in [5.41, 5.74) is 1.20. The molecule has 0 bridgehead atoms. The Labute approximate surface area is 104 Å². The first-order chi connectivity index (χ1) is 8.16. The molecule has 94 valence electrons. The lowest BCUT2D eigenvalue weighted by Gasteiger charge is -2.28. The van der Waals surface area contributed by atoms with E-state index in [2.05, 4.69) is 29.8 Å². The molecule has 1 saturated heterocycles. The van der Waals surface area contributed by atoms with Crippen molar-refractivity contribution in [2.24, 2.45) is 0 Å². The SMILES string of the molecule is CC(c1cccc(O)c1)N1CCCN(C)CC1. The summed E-state index contributed by atoms with van der Waals surface area (Å²) >= 11 is 0. The minimum atomic E-state index is 0.362. The molecule has 0 spiro atoms. The van der Waals surface area contributed by atoms with Crippen molar-refractivity contribution in [3.63, 3.8) is 0 Å². The molecule has 3 heteroatoms. The van der Waals surface area contributed by atoms with Gasteiger partial charge in [-0.3, -0.25) is 4.90 Å². The lowest BCUT2D eigenvalue weighted by molar-refractivity contribution is 0.217. The molecule has 1 aromatic rings. The van der Waals surface area contributed by atoms with Gasteiger partial charge in [-0.25, -0.2) is 0 Å². The zero-order chi connectivity index (χ0) is 12.3. The normalized spacial score (nSPS) is 21.1. The van der Waals surface area contributed by atoms with Gasteiger partial charge in [0, 0.05) is 25.7 Å². The number of benzene rings is 1. The van der Waals surface area contributed by atoms with Gasteiger partial charge >= 0.3 is 0 Å². The van der Waals surface area contributed by atoms with Crippen LogP contribution in [0.25, 0.3) is 0 Å². The van der Waals surface area contributed by atoms with Crippen LogP contribution < -0.4 is 0 Å². The van der Waals surface area contributed by atoms with Gasteiger partial charge in [0.2, 0.25) is 0 Å². The highest BCUT2D eigenvalue weighted by Gasteiger charge is 2.18. The summed E-state index contributed by atoms with van der Waals surface area (Å²) < 4.78 is 0. The number of rotatable bonds is 2. The molecule has 17 heavy (non-hydrogen) atoms. The van der Waals surface area contributed by atoms with E-state index in [9.17, 15) is 5.11 Å². The summed E-state index contributed by atoms with van der Waals surface area (Å²) in [4.78, 5) is 4.88. The molecule has 1 heterocycles.